The lowest BCUT2D eigenvalue weighted by Crippen LogP contribution is -2.37. The van der Waals surface area contributed by atoms with Gasteiger partial charge in [0.2, 0.25) is 11.8 Å². The number of hydrogen-bond donors (Lipinski definition) is 1. The van der Waals surface area contributed by atoms with Crippen LogP contribution in [0.4, 0.5) is 37.7 Å². The average Bonchev–Trinajstić information content (AvgIpc) is 2.58. The third-order valence-corrected chi connectivity index (χ3v) is 3.30. The van der Waals surface area contributed by atoms with E-state index in [0.29, 0.717) is 17.0 Å². The summed E-state index contributed by atoms with van der Waals surface area (Å²) in [7, 11) is 0. The van der Waals surface area contributed by atoms with Gasteiger partial charge in [-0.1, -0.05) is 0 Å². The van der Waals surface area contributed by atoms with Gasteiger partial charge in [-0.15, -0.1) is 0 Å². The molecule has 0 fully saturated rings. The first-order valence-corrected chi connectivity index (χ1v) is 6.98. The summed E-state index contributed by atoms with van der Waals surface area (Å²) in [6, 6.07) is 2.59. The Morgan fingerprint density at radius 1 is 0.846 bits per heavy atom. The highest BCUT2D eigenvalue weighted by Crippen LogP contribution is 2.24. The standard InChI is InChI=1S/C16H10F6N2O2/c1-7(25)24(11-5-3-9(18)14(20)16(11)22)6-12(26)23-10-4-2-8(17)13(19)15(10)21/h2-5H,6H2,1H3,(H,23,26). The number of halogens is 6. The molecule has 4 nitrogen and oxygen atoms in total. The van der Waals surface area contributed by atoms with Crippen molar-refractivity contribution in [2.24, 2.45) is 0 Å². The van der Waals surface area contributed by atoms with Crippen molar-refractivity contribution in [3.8, 4) is 0 Å². The van der Waals surface area contributed by atoms with Crippen LogP contribution in [0.1, 0.15) is 6.92 Å². The Kier molecular flexibility index (Phi) is 5.53. The Morgan fingerprint density at radius 3 is 1.96 bits per heavy atom. The predicted molar refractivity (Wildman–Crippen MR) is 79.3 cm³/mol. The van der Waals surface area contributed by atoms with E-state index in [1.807, 2.05) is 5.32 Å². The summed E-state index contributed by atoms with van der Waals surface area (Å²) in [5.74, 6) is -12.0. The highest BCUT2D eigenvalue weighted by atomic mass is 19.2. The first kappa shape index (κ1) is 19.3. The van der Waals surface area contributed by atoms with E-state index in [1.165, 1.54) is 0 Å². The maximum Gasteiger partial charge on any atom is 0.244 e. The average molecular weight is 376 g/mol. The molecule has 0 aliphatic rings. The van der Waals surface area contributed by atoms with Gasteiger partial charge in [-0.2, -0.15) is 0 Å². The summed E-state index contributed by atoms with van der Waals surface area (Å²) in [6.45, 7) is 0.00187. The second-order valence-corrected chi connectivity index (χ2v) is 5.07. The highest BCUT2D eigenvalue weighted by molar-refractivity contribution is 6.01. The number of rotatable bonds is 4. The SMILES string of the molecule is CC(=O)N(CC(=O)Nc1ccc(F)c(F)c1F)c1ccc(F)c(F)c1F. The number of carbonyl (C=O) groups is 2. The van der Waals surface area contributed by atoms with Crippen LogP contribution in [0.15, 0.2) is 24.3 Å². The van der Waals surface area contributed by atoms with E-state index in [0.717, 1.165) is 19.1 Å². The van der Waals surface area contributed by atoms with E-state index in [4.69, 9.17) is 0 Å². The molecule has 0 unspecified atom stereocenters. The number of anilines is 2. The molecule has 0 spiro atoms. The first-order chi connectivity index (χ1) is 12.1. The molecule has 0 aliphatic carbocycles. The number of nitrogens with one attached hydrogen (secondary N) is 1. The van der Waals surface area contributed by atoms with Crippen molar-refractivity contribution >= 4 is 23.2 Å². The molecule has 0 bridgehead atoms. The van der Waals surface area contributed by atoms with E-state index in [-0.39, 0.29) is 0 Å². The van der Waals surface area contributed by atoms with E-state index >= 15 is 0 Å². The van der Waals surface area contributed by atoms with Gasteiger partial charge in [0.15, 0.2) is 34.9 Å². The molecule has 26 heavy (non-hydrogen) atoms. The molecule has 0 aliphatic heterocycles. The zero-order chi connectivity index (χ0) is 19.6. The molecule has 2 amide bonds. The minimum atomic E-state index is -1.85. The summed E-state index contributed by atoms with van der Waals surface area (Å²) in [4.78, 5) is 24.0. The van der Waals surface area contributed by atoms with Gasteiger partial charge in [0.25, 0.3) is 0 Å². The Balaban J connectivity index is 2.26. The number of nitrogens with zero attached hydrogens (tertiary/aromatic N) is 1. The van der Waals surface area contributed by atoms with Crippen LogP contribution in [0.3, 0.4) is 0 Å². The first-order valence-electron chi connectivity index (χ1n) is 6.98. The minimum absolute atomic E-state index is 0.463. The van der Waals surface area contributed by atoms with Gasteiger partial charge < -0.3 is 10.2 Å². The fourth-order valence-electron chi connectivity index (χ4n) is 2.05. The van der Waals surface area contributed by atoms with Crippen LogP contribution in [-0.4, -0.2) is 18.4 Å². The molecule has 0 radical (unpaired) electrons. The normalized spacial score (nSPS) is 10.6. The molecule has 1 N–H and O–H groups in total. The fraction of sp³-hybridized carbons (Fsp3) is 0.125. The molecular weight excluding hydrogens is 366 g/mol. The van der Waals surface area contributed by atoms with Crippen LogP contribution in [0.5, 0.6) is 0 Å². The van der Waals surface area contributed by atoms with E-state index in [9.17, 15) is 35.9 Å². The third-order valence-electron chi connectivity index (χ3n) is 3.30. The van der Waals surface area contributed by atoms with Crippen molar-refractivity contribution in [1.82, 2.24) is 0 Å². The van der Waals surface area contributed by atoms with Crippen LogP contribution in [0.25, 0.3) is 0 Å². The number of carbonyl (C=O) groups excluding carboxylic acids is 2. The second-order valence-electron chi connectivity index (χ2n) is 5.07. The molecule has 10 heteroatoms. The Morgan fingerprint density at radius 2 is 1.38 bits per heavy atom. The predicted octanol–water partition coefficient (Wildman–Crippen LogP) is 3.51. The summed E-state index contributed by atoms with van der Waals surface area (Å²) in [5, 5.41) is 1.87. The highest BCUT2D eigenvalue weighted by Gasteiger charge is 2.24. The van der Waals surface area contributed by atoms with Crippen molar-refractivity contribution in [1.29, 1.82) is 0 Å². The summed E-state index contributed by atoms with van der Waals surface area (Å²) in [5.41, 5.74) is -1.44. The second kappa shape index (κ2) is 7.46. The minimum Gasteiger partial charge on any atom is -0.322 e. The molecule has 2 aromatic carbocycles. The summed E-state index contributed by atoms with van der Waals surface area (Å²) >= 11 is 0. The topological polar surface area (TPSA) is 49.4 Å². The molecule has 0 aromatic heterocycles. The summed E-state index contributed by atoms with van der Waals surface area (Å²) in [6.07, 6.45) is 0. The van der Waals surface area contributed by atoms with Crippen LogP contribution in [-0.2, 0) is 9.59 Å². The third kappa shape index (κ3) is 3.79. The van der Waals surface area contributed by atoms with Crippen LogP contribution in [0, 0.1) is 34.9 Å². The van der Waals surface area contributed by atoms with E-state index < -0.39 is 64.6 Å². The Labute approximate surface area is 143 Å². The lowest BCUT2D eigenvalue weighted by atomic mass is 10.2. The van der Waals surface area contributed by atoms with E-state index in [1.54, 1.807) is 0 Å². The maximum atomic E-state index is 13.8. The number of amides is 2. The molecule has 0 atom stereocenters. The number of hydrogen-bond acceptors (Lipinski definition) is 2. The maximum absolute atomic E-state index is 13.8. The molecule has 2 rings (SSSR count). The smallest absolute Gasteiger partial charge is 0.244 e. The van der Waals surface area contributed by atoms with Crippen LogP contribution < -0.4 is 10.2 Å². The van der Waals surface area contributed by atoms with Gasteiger partial charge in [0.05, 0.1) is 11.4 Å². The van der Waals surface area contributed by atoms with Gasteiger partial charge in [-0.25, -0.2) is 26.3 Å². The molecule has 138 valence electrons. The molecule has 0 saturated carbocycles. The largest absolute Gasteiger partial charge is 0.322 e. The van der Waals surface area contributed by atoms with Gasteiger partial charge in [0.1, 0.15) is 6.54 Å². The quantitative estimate of drug-likeness (QED) is 0.656. The van der Waals surface area contributed by atoms with Crippen LogP contribution in [0.2, 0.25) is 0 Å². The number of benzene rings is 2. The van der Waals surface area contributed by atoms with Crippen molar-refractivity contribution in [2.45, 2.75) is 6.92 Å². The van der Waals surface area contributed by atoms with Crippen molar-refractivity contribution in [3.63, 3.8) is 0 Å². The van der Waals surface area contributed by atoms with Gasteiger partial charge in [0, 0.05) is 6.92 Å². The lowest BCUT2D eigenvalue weighted by molar-refractivity contribution is -0.120. The zero-order valence-electron chi connectivity index (χ0n) is 13.0. The van der Waals surface area contributed by atoms with E-state index in [2.05, 4.69) is 0 Å². The lowest BCUT2D eigenvalue weighted by Gasteiger charge is -2.21. The molecule has 0 saturated heterocycles. The molecular formula is C16H10F6N2O2. The Bertz CT molecular complexity index is 888. The fourth-order valence-corrected chi connectivity index (χ4v) is 2.05. The van der Waals surface area contributed by atoms with Crippen LogP contribution >= 0.6 is 0 Å². The molecule has 0 heterocycles. The monoisotopic (exact) mass is 376 g/mol. The van der Waals surface area contributed by atoms with Gasteiger partial charge in [-0.05, 0) is 24.3 Å². The zero-order valence-corrected chi connectivity index (χ0v) is 13.0. The van der Waals surface area contributed by atoms with Gasteiger partial charge in [-0.3, -0.25) is 9.59 Å². The molecule has 2 aromatic rings. The van der Waals surface area contributed by atoms with Crippen molar-refractivity contribution in [2.75, 3.05) is 16.8 Å². The van der Waals surface area contributed by atoms with Gasteiger partial charge >= 0.3 is 0 Å². The van der Waals surface area contributed by atoms with Crippen molar-refractivity contribution in [3.05, 3.63) is 59.2 Å². The summed E-state index contributed by atoms with van der Waals surface area (Å²) < 4.78 is 79.7. The van der Waals surface area contributed by atoms with Crippen molar-refractivity contribution < 1.29 is 35.9 Å². The Hall–Kier alpha value is -3.04.